The summed E-state index contributed by atoms with van der Waals surface area (Å²) in [5, 5.41) is 12.1. The van der Waals surface area contributed by atoms with Crippen molar-refractivity contribution in [3.8, 4) is 0 Å². The summed E-state index contributed by atoms with van der Waals surface area (Å²) in [6.07, 6.45) is 8.04. The number of hydrogen-bond acceptors (Lipinski definition) is 3. The van der Waals surface area contributed by atoms with Crippen LogP contribution in [-0.2, 0) is 9.59 Å². The van der Waals surface area contributed by atoms with Crippen molar-refractivity contribution >= 4 is 11.9 Å². The predicted molar refractivity (Wildman–Crippen MR) is 76.0 cm³/mol. The zero-order chi connectivity index (χ0) is 14.5. The smallest absolute Gasteiger partial charge is 0.306 e. The summed E-state index contributed by atoms with van der Waals surface area (Å²) in [7, 11) is 0. The third-order valence-electron chi connectivity index (χ3n) is 4.98. The normalized spacial score (nSPS) is 29.1. The van der Waals surface area contributed by atoms with Crippen LogP contribution in [0.3, 0.4) is 0 Å². The second kappa shape index (κ2) is 7.07. The number of aliphatic carboxylic acids is 1. The first-order valence-corrected chi connectivity index (χ1v) is 7.85. The van der Waals surface area contributed by atoms with E-state index < -0.39 is 12.0 Å². The number of carboxylic acids is 1. The second-order valence-corrected chi connectivity index (χ2v) is 6.30. The predicted octanol–water partition coefficient (Wildman–Crippen LogP) is 1.51. The molecular formula is C15H26N2O3. The number of carbonyl (C=O) groups excluding carboxylic acids is 1. The maximum absolute atomic E-state index is 12.1. The summed E-state index contributed by atoms with van der Waals surface area (Å²) in [4.78, 5) is 23.3. The molecule has 0 aromatic heterocycles. The first-order chi connectivity index (χ1) is 9.59. The molecule has 5 heteroatoms. The quantitative estimate of drug-likeness (QED) is 0.712. The topological polar surface area (TPSA) is 92.4 Å². The van der Waals surface area contributed by atoms with Crippen molar-refractivity contribution in [2.24, 2.45) is 23.5 Å². The maximum atomic E-state index is 12.1. The highest BCUT2D eigenvalue weighted by Gasteiger charge is 2.32. The molecule has 4 N–H and O–H groups in total. The molecular weight excluding hydrogens is 256 g/mol. The van der Waals surface area contributed by atoms with E-state index in [1.165, 1.54) is 0 Å². The summed E-state index contributed by atoms with van der Waals surface area (Å²) < 4.78 is 0. The molecule has 0 spiro atoms. The number of carboxylic acid groups (broad SMARTS) is 1. The Hall–Kier alpha value is -1.10. The average molecular weight is 282 g/mol. The fourth-order valence-corrected chi connectivity index (χ4v) is 3.66. The molecule has 2 rings (SSSR count). The van der Waals surface area contributed by atoms with Crippen LogP contribution in [-0.4, -0.2) is 29.6 Å². The van der Waals surface area contributed by atoms with Crippen LogP contribution in [0.15, 0.2) is 0 Å². The summed E-state index contributed by atoms with van der Waals surface area (Å²) in [6.45, 7) is 0.455. The van der Waals surface area contributed by atoms with Gasteiger partial charge in [0.2, 0.25) is 5.91 Å². The molecule has 114 valence electrons. The van der Waals surface area contributed by atoms with Gasteiger partial charge in [0.15, 0.2) is 0 Å². The van der Waals surface area contributed by atoms with Crippen molar-refractivity contribution in [3.63, 3.8) is 0 Å². The largest absolute Gasteiger partial charge is 0.481 e. The molecule has 3 atom stereocenters. The van der Waals surface area contributed by atoms with E-state index in [9.17, 15) is 14.7 Å². The second-order valence-electron chi connectivity index (χ2n) is 6.30. The Balaban J connectivity index is 1.80. The van der Waals surface area contributed by atoms with Crippen molar-refractivity contribution < 1.29 is 14.7 Å². The fourth-order valence-electron chi connectivity index (χ4n) is 3.66. The summed E-state index contributed by atoms with van der Waals surface area (Å²) in [5.41, 5.74) is 6.00. The van der Waals surface area contributed by atoms with Crippen molar-refractivity contribution in [1.82, 2.24) is 5.32 Å². The van der Waals surface area contributed by atoms with E-state index in [2.05, 4.69) is 5.32 Å². The zero-order valence-corrected chi connectivity index (χ0v) is 12.0. The minimum Gasteiger partial charge on any atom is -0.481 e. The molecule has 2 fully saturated rings. The molecule has 0 radical (unpaired) electrons. The highest BCUT2D eigenvalue weighted by Crippen LogP contribution is 2.30. The van der Waals surface area contributed by atoms with Crippen LogP contribution in [0, 0.1) is 17.8 Å². The van der Waals surface area contributed by atoms with Crippen LogP contribution in [0.4, 0.5) is 0 Å². The molecule has 0 bridgehead atoms. The van der Waals surface area contributed by atoms with Crippen LogP contribution >= 0.6 is 0 Å². The van der Waals surface area contributed by atoms with Crippen molar-refractivity contribution in [2.75, 3.05) is 6.54 Å². The number of nitrogens with one attached hydrogen (secondary N) is 1. The van der Waals surface area contributed by atoms with Crippen LogP contribution in [0.5, 0.6) is 0 Å². The SMILES string of the molecule is NC(C(=O)NCC1CCCCC1C(=O)O)C1CCCC1. The van der Waals surface area contributed by atoms with E-state index in [-0.39, 0.29) is 17.7 Å². The molecule has 2 aliphatic carbocycles. The average Bonchev–Trinajstić information content (AvgIpc) is 2.98. The molecule has 2 saturated carbocycles. The minimum atomic E-state index is -0.732. The highest BCUT2D eigenvalue weighted by molar-refractivity contribution is 5.82. The Kier molecular flexibility index (Phi) is 5.40. The van der Waals surface area contributed by atoms with E-state index in [1.54, 1.807) is 0 Å². The van der Waals surface area contributed by atoms with Gasteiger partial charge in [-0.2, -0.15) is 0 Å². The molecule has 0 aliphatic heterocycles. The van der Waals surface area contributed by atoms with E-state index in [1.807, 2.05) is 0 Å². The van der Waals surface area contributed by atoms with Gasteiger partial charge in [-0.05, 0) is 37.5 Å². The summed E-state index contributed by atoms with van der Waals surface area (Å²) >= 11 is 0. The molecule has 0 aromatic carbocycles. The Morgan fingerprint density at radius 2 is 1.70 bits per heavy atom. The molecule has 0 saturated heterocycles. The Morgan fingerprint density at radius 1 is 1.10 bits per heavy atom. The van der Waals surface area contributed by atoms with Gasteiger partial charge >= 0.3 is 5.97 Å². The summed E-state index contributed by atoms with van der Waals surface area (Å²) in [5.74, 6) is -0.792. The molecule has 0 aromatic rings. The molecule has 1 amide bonds. The molecule has 3 unspecified atom stereocenters. The number of rotatable bonds is 5. The van der Waals surface area contributed by atoms with Gasteiger partial charge in [0, 0.05) is 6.54 Å². The van der Waals surface area contributed by atoms with Gasteiger partial charge in [-0.1, -0.05) is 25.7 Å². The lowest BCUT2D eigenvalue weighted by molar-refractivity contribution is -0.145. The first-order valence-electron chi connectivity index (χ1n) is 7.85. The summed E-state index contributed by atoms with van der Waals surface area (Å²) in [6, 6.07) is -0.427. The maximum Gasteiger partial charge on any atom is 0.306 e. The van der Waals surface area contributed by atoms with Crippen LogP contribution in [0.2, 0.25) is 0 Å². The monoisotopic (exact) mass is 282 g/mol. The van der Waals surface area contributed by atoms with Gasteiger partial charge in [0.05, 0.1) is 12.0 Å². The molecule has 5 nitrogen and oxygen atoms in total. The van der Waals surface area contributed by atoms with Gasteiger partial charge < -0.3 is 16.2 Å². The molecule has 2 aliphatic rings. The van der Waals surface area contributed by atoms with Gasteiger partial charge in [-0.3, -0.25) is 9.59 Å². The third-order valence-corrected chi connectivity index (χ3v) is 4.98. The highest BCUT2D eigenvalue weighted by atomic mass is 16.4. The Bertz CT molecular complexity index is 353. The minimum absolute atomic E-state index is 0.0565. The Morgan fingerprint density at radius 3 is 2.35 bits per heavy atom. The van der Waals surface area contributed by atoms with Crippen LogP contribution in [0.25, 0.3) is 0 Å². The number of carbonyl (C=O) groups is 2. The van der Waals surface area contributed by atoms with Gasteiger partial charge in [-0.25, -0.2) is 0 Å². The lowest BCUT2D eigenvalue weighted by Gasteiger charge is -2.29. The number of nitrogens with two attached hydrogens (primary N) is 1. The van der Waals surface area contributed by atoms with Crippen LogP contribution < -0.4 is 11.1 Å². The van der Waals surface area contributed by atoms with E-state index in [4.69, 9.17) is 5.73 Å². The fraction of sp³-hybridized carbons (Fsp3) is 0.867. The van der Waals surface area contributed by atoms with Crippen LogP contribution in [0.1, 0.15) is 51.4 Å². The Labute approximate surface area is 120 Å². The lowest BCUT2D eigenvalue weighted by Crippen LogP contribution is -2.47. The molecule has 20 heavy (non-hydrogen) atoms. The number of amides is 1. The number of hydrogen-bond donors (Lipinski definition) is 3. The van der Waals surface area contributed by atoms with Crippen molar-refractivity contribution in [1.29, 1.82) is 0 Å². The van der Waals surface area contributed by atoms with E-state index >= 15 is 0 Å². The molecule has 0 heterocycles. The van der Waals surface area contributed by atoms with Crippen molar-refractivity contribution in [3.05, 3.63) is 0 Å². The van der Waals surface area contributed by atoms with Crippen molar-refractivity contribution in [2.45, 2.75) is 57.4 Å². The lowest BCUT2D eigenvalue weighted by atomic mass is 9.79. The van der Waals surface area contributed by atoms with E-state index in [0.29, 0.717) is 12.5 Å². The first kappa shape index (κ1) is 15.3. The van der Waals surface area contributed by atoms with Gasteiger partial charge in [0.25, 0.3) is 0 Å². The zero-order valence-electron chi connectivity index (χ0n) is 12.0. The van der Waals surface area contributed by atoms with E-state index in [0.717, 1.165) is 51.4 Å². The third kappa shape index (κ3) is 3.72. The van der Waals surface area contributed by atoms with Gasteiger partial charge in [-0.15, -0.1) is 0 Å². The van der Waals surface area contributed by atoms with Gasteiger partial charge in [0.1, 0.15) is 0 Å². The standard InChI is InChI=1S/C15H26N2O3/c16-13(10-5-1-2-6-10)14(18)17-9-11-7-3-4-8-12(11)15(19)20/h10-13H,1-9,16H2,(H,17,18)(H,19,20).